The number of likely N-dealkylation sites (tertiary alicyclic amines) is 1. The number of carbonyl (C=O) groups excluding carboxylic acids is 3. The van der Waals surface area contributed by atoms with Crippen molar-refractivity contribution in [3.05, 3.63) is 66.2 Å². The van der Waals surface area contributed by atoms with Crippen LogP contribution in [-0.4, -0.2) is 65.5 Å². The Bertz CT molecular complexity index is 1000. The van der Waals surface area contributed by atoms with E-state index in [1.54, 1.807) is 9.80 Å². The van der Waals surface area contributed by atoms with E-state index in [2.05, 4.69) is 15.5 Å². The molecule has 0 bridgehead atoms. The molecule has 2 aliphatic heterocycles. The Hall–Kier alpha value is -3.55. The van der Waals surface area contributed by atoms with Crippen LogP contribution in [0.5, 0.6) is 0 Å². The molecular formula is C26H33N5O3. The Morgan fingerprint density at radius 3 is 2.21 bits per heavy atom. The molecule has 2 N–H and O–H groups in total. The summed E-state index contributed by atoms with van der Waals surface area (Å²) >= 11 is 0. The molecule has 0 aromatic heterocycles. The van der Waals surface area contributed by atoms with Crippen molar-refractivity contribution in [2.24, 2.45) is 0 Å². The molecule has 0 radical (unpaired) electrons. The van der Waals surface area contributed by atoms with E-state index in [0.29, 0.717) is 39.1 Å². The number of hydrogen-bond donors (Lipinski definition) is 2. The zero-order valence-corrected chi connectivity index (χ0v) is 19.9. The zero-order valence-electron chi connectivity index (χ0n) is 19.9. The van der Waals surface area contributed by atoms with Gasteiger partial charge in [0, 0.05) is 31.4 Å². The second-order valence-electron chi connectivity index (χ2n) is 9.29. The van der Waals surface area contributed by atoms with Crippen molar-refractivity contribution in [3.63, 3.8) is 0 Å². The molecule has 8 heteroatoms. The third-order valence-electron chi connectivity index (χ3n) is 6.53. The van der Waals surface area contributed by atoms with Crippen LogP contribution in [0.15, 0.2) is 60.7 Å². The lowest BCUT2D eigenvalue weighted by Gasteiger charge is -2.43. The summed E-state index contributed by atoms with van der Waals surface area (Å²) in [6.07, 6.45) is 1.03. The first-order valence-corrected chi connectivity index (χ1v) is 11.9. The summed E-state index contributed by atoms with van der Waals surface area (Å²) in [5.41, 5.74) is 1.24. The number of carbonyl (C=O) groups is 3. The third-order valence-corrected chi connectivity index (χ3v) is 6.53. The number of amides is 4. The molecule has 0 saturated carbocycles. The molecular weight excluding hydrogens is 430 g/mol. The van der Waals surface area contributed by atoms with Gasteiger partial charge in [-0.3, -0.25) is 9.59 Å². The van der Waals surface area contributed by atoms with Gasteiger partial charge in [0.1, 0.15) is 12.1 Å². The third kappa shape index (κ3) is 5.00. The van der Waals surface area contributed by atoms with Gasteiger partial charge >= 0.3 is 6.03 Å². The molecule has 2 aromatic carbocycles. The molecule has 4 amide bonds. The first-order valence-electron chi connectivity index (χ1n) is 11.9. The predicted molar refractivity (Wildman–Crippen MR) is 131 cm³/mol. The quantitative estimate of drug-likeness (QED) is 0.690. The van der Waals surface area contributed by atoms with E-state index >= 15 is 0 Å². The van der Waals surface area contributed by atoms with Crippen LogP contribution in [0, 0.1) is 0 Å². The smallest absolute Gasteiger partial charge is 0.317 e. The van der Waals surface area contributed by atoms with Gasteiger partial charge in [-0.15, -0.1) is 0 Å². The molecule has 0 aliphatic carbocycles. The standard InChI is InChI=1S/C26H33N5O3/c1-20(2)28-23(32)18-30-19-31(22-11-7-4-8-12-22)26(24(30)33)13-15-29(16-14-26)25(34)27-17-21-9-5-3-6-10-21/h3-12,20H,13-19H2,1-2H3,(H,27,34)(H,28,32). The van der Waals surface area contributed by atoms with Gasteiger partial charge in [0.2, 0.25) is 5.91 Å². The highest BCUT2D eigenvalue weighted by Crippen LogP contribution is 2.39. The Morgan fingerprint density at radius 1 is 0.971 bits per heavy atom. The number of anilines is 1. The maximum atomic E-state index is 13.7. The number of hydrogen-bond acceptors (Lipinski definition) is 4. The van der Waals surface area contributed by atoms with Crippen LogP contribution in [0.2, 0.25) is 0 Å². The molecule has 34 heavy (non-hydrogen) atoms. The van der Waals surface area contributed by atoms with Crippen LogP contribution in [0.25, 0.3) is 0 Å². The first-order chi connectivity index (χ1) is 16.4. The Morgan fingerprint density at radius 2 is 1.59 bits per heavy atom. The number of benzene rings is 2. The van der Waals surface area contributed by atoms with Crippen LogP contribution < -0.4 is 15.5 Å². The fraction of sp³-hybridized carbons (Fsp3) is 0.423. The molecule has 2 heterocycles. The normalized spacial score (nSPS) is 17.4. The highest BCUT2D eigenvalue weighted by molar-refractivity contribution is 5.96. The highest BCUT2D eigenvalue weighted by Gasteiger charge is 2.54. The highest BCUT2D eigenvalue weighted by atomic mass is 16.2. The van der Waals surface area contributed by atoms with Crippen molar-refractivity contribution < 1.29 is 14.4 Å². The summed E-state index contributed by atoms with van der Waals surface area (Å²) in [5, 5.41) is 5.85. The number of para-hydroxylation sites is 1. The average molecular weight is 464 g/mol. The van der Waals surface area contributed by atoms with Crippen LogP contribution in [0.3, 0.4) is 0 Å². The van der Waals surface area contributed by atoms with Crippen molar-refractivity contribution in [3.8, 4) is 0 Å². The maximum Gasteiger partial charge on any atom is 0.317 e. The largest absolute Gasteiger partial charge is 0.352 e. The Kier molecular flexibility index (Phi) is 7.05. The number of nitrogens with one attached hydrogen (secondary N) is 2. The minimum Gasteiger partial charge on any atom is -0.352 e. The molecule has 2 aromatic rings. The fourth-order valence-electron chi connectivity index (χ4n) is 4.83. The van der Waals surface area contributed by atoms with Gasteiger partial charge in [-0.1, -0.05) is 48.5 Å². The fourth-order valence-corrected chi connectivity index (χ4v) is 4.83. The lowest BCUT2D eigenvalue weighted by molar-refractivity contribution is -0.137. The maximum absolute atomic E-state index is 13.7. The number of rotatable bonds is 6. The van der Waals surface area contributed by atoms with Gasteiger partial charge in [-0.2, -0.15) is 0 Å². The van der Waals surface area contributed by atoms with Gasteiger partial charge in [0.25, 0.3) is 5.91 Å². The van der Waals surface area contributed by atoms with E-state index in [9.17, 15) is 14.4 Å². The summed E-state index contributed by atoms with van der Waals surface area (Å²) in [7, 11) is 0. The van der Waals surface area contributed by atoms with E-state index in [-0.39, 0.29) is 30.4 Å². The number of piperidine rings is 1. The second-order valence-corrected chi connectivity index (χ2v) is 9.29. The SMILES string of the molecule is CC(C)NC(=O)CN1CN(c2ccccc2)C2(CCN(C(=O)NCc3ccccc3)CC2)C1=O. The zero-order chi connectivity index (χ0) is 24.1. The van der Waals surface area contributed by atoms with Crippen LogP contribution in [-0.2, 0) is 16.1 Å². The van der Waals surface area contributed by atoms with Crippen molar-refractivity contribution in [2.45, 2.75) is 44.8 Å². The van der Waals surface area contributed by atoms with E-state index in [1.165, 1.54) is 0 Å². The molecule has 2 fully saturated rings. The minimum atomic E-state index is -0.754. The Labute approximate surface area is 200 Å². The van der Waals surface area contributed by atoms with Crippen LogP contribution >= 0.6 is 0 Å². The molecule has 8 nitrogen and oxygen atoms in total. The lowest BCUT2D eigenvalue weighted by Crippen LogP contribution is -2.58. The minimum absolute atomic E-state index is 0.0158. The van der Waals surface area contributed by atoms with Gasteiger partial charge in [0.15, 0.2) is 0 Å². The van der Waals surface area contributed by atoms with Crippen molar-refractivity contribution in [1.82, 2.24) is 20.4 Å². The average Bonchev–Trinajstić information content (AvgIpc) is 3.09. The summed E-state index contributed by atoms with van der Waals surface area (Å²) < 4.78 is 0. The molecule has 180 valence electrons. The first kappa shape index (κ1) is 23.6. The number of nitrogens with zero attached hydrogens (tertiary/aromatic N) is 3. The molecule has 0 unspecified atom stereocenters. The predicted octanol–water partition coefficient (Wildman–Crippen LogP) is 2.56. The molecule has 0 atom stereocenters. The topological polar surface area (TPSA) is 85.0 Å². The van der Waals surface area contributed by atoms with Gasteiger partial charge < -0.3 is 25.3 Å². The summed E-state index contributed by atoms with van der Waals surface area (Å²) in [5.74, 6) is -0.203. The van der Waals surface area contributed by atoms with Crippen molar-refractivity contribution in [1.29, 1.82) is 0 Å². The van der Waals surface area contributed by atoms with Crippen LogP contribution in [0.1, 0.15) is 32.3 Å². The van der Waals surface area contributed by atoms with Crippen molar-refractivity contribution in [2.75, 3.05) is 31.2 Å². The van der Waals surface area contributed by atoms with Gasteiger partial charge in [-0.25, -0.2) is 4.79 Å². The van der Waals surface area contributed by atoms with E-state index in [4.69, 9.17) is 0 Å². The van der Waals surface area contributed by atoms with Gasteiger partial charge in [0.05, 0.1) is 6.67 Å². The van der Waals surface area contributed by atoms with E-state index in [1.807, 2.05) is 74.5 Å². The second kappa shape index (κ2) is 10.2. The lowest BCUT2D eigenvalue weighted by atomic mass is 9.85. The summed E-state index contributed by atoms with van der Waals surface area (Å²) in [4.78, 5) is 44.4. The van der Waals surface area contributed by atoms with E-state index in [0.717, 1.165) is 11.3 Å². The monoisotopic (exact) mass is 463 g/mol. The molecule has 2 aliphatic rings. The van der Waals surface area contributed by atoms with Crippen LogP contribution in [0.4, 0.5) is 10.5 Å². The van der Waals surface area contributed by atoms with Gasteiger partial charge in [-0.05, 0) is 44.4 Å². The molecule has 4 rings (SSSR count). The summed E-state index contributed by atoms with van der Waals surface area (Å²) in [6.45, 7) is 5.61. The van der Waals surface area contributed by atoms with Crippen molar-refractivity contribution >= 4 is 23.5 Å². The van der Waals surface area contributed by atoms with E-state index < -0.39 is 5.54 Å². The molecule has 2 saturated heterocycles. The molecule has 1 spiro atoms. The summed E-state index contributed by atoms with van der Waals surface area (Å²) in [6, 6.07) is 19.5. The number of urea groups is 1. The Balaban J connectivity index is 1.46.